The van der Waals surface area contributed by atoms with Crippen molar-refractivity contribution in [3.05, 3.63) is 53.6 Å². The number of methoxy groups -OCH3 is 1. The van der Waals surface area contributed by atoms with Gasteiger partial charge in [0.05, 0.1) is 24.1 Å². The summed E-state index contributed by atoms with van der Waals surface area (Å²) in [6.07, 6.45) is -0.953. The number of carbonyl (C=O) groups is 3. The van der Waals surface area contributed by atoms with E-state index in [1.54, 1.807) is 37.4 Å². The van der Waals surface area contributed by atoms with E-state index in [-0.39, 0.29) is 11.5 Å². The van der Waals surface area contributed by atoms with E-state index in [9.17, 15) is 14.4 Å². The highest BCUT2D eigenvalue weighted by atomic mass is 32.2. The van der Waals surface area contributed by atoms with Crippen LogP contribution >= 0.6 is 11.8 Å². The maximum atomic E-state index is 12.3. The van der Waals surface area contributed by atoms with Crippen LogP contribution in [-0.4, -0.2) is 36.8 Å². The second kappa shape index (κ2) is 8.79. The number of nitrogens with one attached hydrogen (secondary N) is 2. The van der Waals surface area contributed by atoms with Crippen LogP contribution in [0.5, 0.6) is 5.75 Å². The van der Waals surface area contributed by atoms with Crippen molar-refractivity contribution in [2.75, 3.05) is 18.2 Å². The molecule has 0 unspecified atom stereocenters. The largest absolute Gasteiger partial charge is 0.497 e. The highest BCUT2D eigenvalue weighted by Crippen LogP contribution is 2.32. The van der Waals surface area contributed by atoms with E-state index in [0.717, 1.165) is 16.2 Å². The van der Waals surface area contributed by atoms with Crippen molar-refractivity contribution in [2.24, 2.45) is 0 Å². The van der Waals surface area contributed by atoms with E-state index in [1.807, 2.05) is 12.1 Å². The normalized spacial score (nSPS) is 13.7. The highest BCUT2D eigenvalue weighted by Gasteiger charge is 2.21. The molecule has 2 N–H and O–H groups in total. The zero-order chi connectivity index (χ0) is 20.1. The van der Waals surface area contributed by atoms with Crippen LogP contribution in [-0.2, 0) is 20.9 Å². The van der Waals surface area contributed by atoms with Crippen molar-refractivity contribution in [2.45, 2.75) is 24.5 Å². The summed E-state index contributed by atoms with van der Waals surface area (Å²) in [5.74, 6) is -0.0561. The van der Waals surface area contributed by atoms with Gasteiger partial charge in [0, 0.05) is 11.4 Å². The topological polar surface area (TPSA) is 93.7 Å². The lowest BCUT2D eigenvalue weighted by atomic mass is 10.2. The van der Waals surface area contributed by atoms with E-state index in [4.69, 9.17) is 9.47 Å². The third-order valence-corrected chi connectivity index (χ3v) is 5.20. The monoisotopic (exact) mass is 400 g/mol. The second-order valence-electron chi connectivity index (χ2n) is 6.16. The standard InChI is InChI=1S/C20H20N2O5S/c1-12(19(24)21-10-13-3-6-15(26-2)7-4-13)27-20(25)14-5-8-17-16(9-14)22-18(23)11-28-17/h3-9,12H,10-11H2,1-2H3,(H,21,24)(H,22,23)/t12-/m1/s1. The number of ether oxygens (including phenoxy) is 2. The van der Waals surface area contributed by atoms with Gasteiger partial charge in [-0.1, -0.05) is 12.1 Å². The number of benzene rings is 2. The van der Waals surface area contributed by atoms with Crippen LogP contribution in [0.3, 0.4) is 0 Å². The maximum Gasteiger partial charge on any atom is 0.338 e. The molecular formula is C20H20N2O5S. The SMILES string of the molecule is COc1ccc(CNC(=O)[C@@H](C)OC(=O)c2ccc3c(c2)NC(=O)CS3)cc1. The number of hydrogen-bond acceptors (Lipinski definition) is 6. The Kier molecular flexibility index (Phi) is 6.20. The van der Waals surface area contributed by atoms with Crippen LogP contribution in [0.2, 0.25) is 0 Å². The fraction of sp³-hybridized carbons (Fsp3) is 0.250. The summed E-state index contributed by atoms with van der Waals surface area (Å²) in [7, 11) is 1.59. The summed E-state index contributed by atoms with van der Waals surface area (Å²) in [5.41, 5.74) is 1.75. The van der Waals surface area contributed by atoms with Crippen LogP contribution in [0.4, 0.5) is 5.69 Å². The minimum absolute atomic E-state index is 0.116. The first-order chi connectivity index (χ1) is 13.5. The molecule has 146 valence electrons. The van der Waals surface area contributed by atoms with E-state index in [1.165, 1.54) is 18.7 Å². The van der Waals surface area contributed by atoms with E-state index in [2.05, 4.69) is 10.6 Å². The molecule has 3 rings (SSSR count). The molecule has 1 heterocycles. The third-order valence-electron chi connectivity index (χ3n) is 4.13. The van der Waals surface area contributed by atoms with Crippen molar-refractivity contribution in [3.63, 3.8) is 0 Å². The Morgan fingerprint density at radius 3 is 2.68 bits per heavy atom. The Morgan fingerprint density at radius 2 is 1.96 bits per heavy atom. The van der Waals surface area contributed by atoms with Crippen molar-refractivity contribution >= 4 is 35.2 Å². The first-order valence-electron chi connectivity index (χ1n) is 8.64. The van der Waals surface area contributed by atoms with Crippen LogP contribution in [0.25, 0.3) is 0 Å². The Labute approximate surface area is 166 Å². The van der Waals surface area contributed by atoms with Gasteiger partial charge in [-0.2, -0.15) is 0 Å². The third kappa shape index (κ3) is 4.83. The number of rotatable bonds is 6. The first kappa shape index (κ1) is 19.8. The van der Waals surface area contributed by atoms with Gasteiger partial charge < -0.3 is 20.1 Å². The van der Waals surface area contributed by atoms with Gasteiger partial charge in [0.15, 0.2) is 6.10 Å². The lowest BCUT2D eigenvalue weighted by Gasteiger charge is -2.17. The molecule has 0 fully saturated rings. The molecule has 0 saturated carbocycles. The van der Waals surface area contributed by atoms with Crippen LogP contribution in [0.15, 0.2) is 47.4 Å². The van der Waals surface area contributed by atoms with Crippen molar-refractivity contribution in [3.8, 4) is 5.75 Å². The molecule has 1 aliphatic rings. The van der Waals surface area contributed by atoms with E-state index < -0.39 is 18.0 Å². The van der Waals surface area contributed by atoms with Gasteiger partial charge in [0.2, 0.25) is 5.91 Å². The zero-order valence-corrected chi connectivity index (χ0v) is 16.3. The summed E-state index contributed by atoms with van der Waals surface area (Å²) in [6.45, 7) is 1.82. The second-order valence-corrected chi connectivity index (χ2v) is 7.18. The molecule has 8 heteroatoms. The number of hydrogen-bond donors (Lipinski definition) is 2. The van der Waals surface area contributed by atoms with Crippen LogP contribution < -0.4 is 15.4 Å². The average molecular weight is 400 g/mol. The van der Waals surface area contributed by atoms with Crippen molar-refractivity contribution in [1.29, 1.82) is 0 Å². The predicted octanol–water partition coefficient (Wildman–Crippen LogP) is 2.60. The number of fused-ring (bicyclic) bond motifs is 1. The number of amides is 2. The summed E-state index contributed by atoms with van der Waals surface area (Å²) in [6, 6.07) is 12.2. The van der Waals surface area contributed by atoms with Crippen LogP contribution in [0, 0.1) is 0 Å². The van der Waals surface area contributed by atoms with Gasteiger partial charge in [0.1, 0.15) is 5.75 Å². The molecule has 2 aromatic rings. The molecule has 1 aliphatic heterocycles. The molecular weight excluding hydrogens is 380 g/mol. The fourth-order valence-electron chi connectivity index (χ4n) is 2.57. The summed E-state index contributed by atoms with van der Waals surface area (Å²) >= 11 is 1.41. The van der Waals surface area contributed by atoms with Gasteiger partial charge in [-0.05, 0) is 42.8 Å². The average Bonchev–Trinajstić information content (AvgIpc) is 2.71. The molecule has 2 amide bonds. The molecule has 0 saturated heterocycles. The lowest BCUT2D eigenvalue weighted by Crippen LogP contribution is -2.35. The first-order valence-corrected chi connectivity index (χ1v) is 9.63. The molecule has 0 spiro atoms. The fourth-order valence-corrected chi connectivity index (χ4v) is 3.36. The Hall–Kier alpha value is -3.00. The van der Waals surface area contributed by atoms with Gasteiger partial charge in [0.25, 0.3) is 5.91 Å². The zero-order valence-electron chi connectivity index (χ0n) is 15.5. The lowest BCUT2D eigenvalue weighted by molar-refractivity contribution is -0.129. The molecule has 7 nitrogen and oxygen atoms in total. The summed E-state index contributed by atoms with van der Waals surface area (Å²) in [5, 5.41) is 5.45. The van der Waals surface area contributed by atoms with Crippen molar-refractivity contribution in [1.82, 2.24) is 5.32 Å². The predicted molar refractivity (Wildman–Crippen MR) is 106 cm³/mol. The van der Waals surface area contributed by atoms with Gasteiger partial charge in [-0.25, -0.2) is 4.79 Å². The molecule has 0 aromatic heterocycles. The highest BCUT2D eigenvalue weighted by molar-refractivity contribution is 8.00. The molecule has 28 heavy (non-hydrogen) atoms. The smallest absolute Gasteiger partial charge is 0.338 e. The minimum atomic E-state index is -0.953. The van der Waals surface area contributed by atoms with Gasteiger partial charge in [-0.3, -0.25) is 9.59 Å². The molecule has 1 atom stereocenters. The Bertz CT molecular complexity index is 898. The van der Waals surface area contributed by atoms with Crippen LogP contribution in [0.1, 0.15) is 22.8 Å². The molecule has 0 aliphatic carbocycles. The molecule has 0 bridgehead atoms. The van der Waals surface area contributed by atoms with E-state index in [0.29, 0.717) is 18.0 Å². The Balaban J connectivity index is 1.55. The summed E-state index contributed by atoms with van der Waals surface area (Å²) in [4.78, 5) is 36.9. The Morgan fingerprint density at radius 1 is 1.21 bits per heavy atom. The van der Waals surface area contributed by atoms with Gasteiger partial charge >= 0.3 is 5.97 Å². The maximum absolute atomic E-state index is 12.3. The molecule has 0 radical (unpaired) electrons. The van der Waals surface area contributed by atoms with Gasteiger partial charge in [-0.15, -0.1) is 11.8 Å². The van der Waals surface area contributed by atoms with Crippen molar-refractivity contribution < 1.29 is 23.9 Å². The number of carbonyl (C=O) groups excluding carboxylic acids is 3. The quantitative estimate of drug-likeness (QED) is 0.724. The van der Waals surface area contributed by atoms with E-state index >= 15 is 0 Å². The summed E-state index contributed by atoms with van der Waals surface area (Å²) < 4.78 is 10.3. The molecule has 2 aromatic carbocycles. The number of anilines is 1. The minimum Gasteiger partial charge on any atom is -0.497 e. The number of thioether (sulfide) groups is 1. The number of esters is 1.